The van der Waals surface area contributed by atoms with Crippen molar-refractivity contribution in [2.24, 2.45) is 0 Å². The molecule has 3 aromatic carbocycles. The van der Waals surface area contributed by atoms with Crippen LogP contribution in [0.3, 0.4) is 0 Å². The van der Waals surface area contributed by atoms with Crippen LogP contribution in [0, 0.1) is 0 Å². The summed E-state index contributed by atoms with van der Waals surface area (Å²) < 4.78 is 23.1. The summed E-state index contributed by atoms with van der Waals surface area (Å²) in [5.74, 6) is 2.81. The Hall–Kier alpha value is -3.67. The van der Waals surface area contributed by atoms with Crippen molar-refractivity contribution in [1.29, 1.82) is 0 Å². The number of nitrogens with zero attached hydrogens (tertiary/aromatic N) is 1. The summed E-state index contributed by atoms with van der Waals surface area (Å²) in [6, 6.07) is 19.2. The van der Waals surface area contributed by atoms with E-state index >= 15 is 0 Å². The summed E-state index contributed by atoms with van der Waals surface area (Å²) in [6.07, 6.45) is 1.77. The number of hydrogen-bond donors (Lipinski definition) is 0. The Balaban J connectivity index is 1.64. The van der Waals surface area contributed by atoms with Crippen LogP contribution >= 0.6 is 0 Å². The van der Waals surface area contributed by atoms with Crippen molar-refractivity contribution in [3.8, 4) is 23.0 Å². The first-order valence-corrected chi connectivity index (χ1v) is 12.5. The molecule has 0 saturated carbocycles. The van der Waals surface area contributed by atoms with Gasteiger partial charge in [-0.2, -0.15) is 0 Å². The molecule has 6 heteroatoms. The lowest BCUT2D eigenvalue weighted by Crippen LogP contribution is -2.42. The monoisotopic (exact) mass is 489 g/mol. The van der Waals surface area contributed by atoms with Gasteiger partial charge in [-0.05, 0) is 91.9 Å². The van der Waals surface area contributed by atoms with Gasteiger partial charge < -0.3 is 23.8 Å². The number of aryl methyl sites for hydroxylation is 1. The highest BCUT2D eigenvalue weighted by molar-refractivity contribution is 5.95. The van der Waals surface area contributed by atoms with Crippen LogP contribution in [0.2, 0.25) is 0 Å². The molecule has 0 spiro atoms. The van der Waals surface area contributed by atoms with Crippen LogP contribution in [0.5, 0.6) is 23.0 Å². The van der Waals surface area contributed by atoms with E-state index < -0.39 is 0 Å². The number of amides is 1. The first-order chi connectivity index (χ1) is 17.4. The van der Waals surface area contributed by atoms with Gasteiger partial charge in [0.25, 0.3) is 5.91 Å². The molecule has 6 nitrogen and oxygen atoms in total. The fraction of sp³-hybridized carbons (Fsp3) is 0.367. The largest absolute Gasteiger partial charge is 0.493 e. The maximum absolute atomic E-state index is 13.7. The van der Waals surface area contributed by atoms with E-state index in [1.165, 1.54) is 5.56 Å². The third-order valence-corrected chi connectivity index (χ3v) is 6.48. The Morgan fingerprint density at radius 3 is 2.19 bits per heavy atom. The number of benzene rings is 3. The third kappa shape index (κ3) is 5.59. The molecule has 0 N–H and O–H groups in total. The molecule has 36 heavy (non-hydrogen) atoms. The second kappa shape index (κ2) is 11.4. The van der Waals surface area contributed by atoms with Gasteiger partial charge in [0.2, 0.25) is 0 Å². The molecular weight excluding hydrogens is 454 g/mol. The Morgan fingerprint density at radius 1 is 0.944 bits per heavy atom. The molecule has 190 valence electrons. The number of fused-ring (bicyclic) bond motifs is 1. The molecule has 4 rings (SSSR count). The van der Waals surface area contributed by atoms with Crippen molar-refractivity contribution in [1.82, 2.24) is 4.90 Å². The van der Waals surface area contributed by atoms with Gasteiger partial charge in [-0.25, -0.2) is 0 Å². The zero-order valence-corrected chi connectivity index (χ0v) is 21.7. The average molecular weight is 490 g/mol. The van der Waals surface area contributed by atoms with Crippen LogP contribution in [0.25, 0.3) is 0 Å². The predicted octanol–water partition coefficient (Wildman–Crippen LogP) is 5.87. The van der Waals surface area contributed by atoms with Gasteiger partial charge in [-0.15, -0.1) is 0 Å². The summed E-state index contributed by atoms with van der Waals surface area (Å²) in [5, 5.41) is 0. The second-order valence-electron chi connectivity index (χ2n) is 9.17. The Bertz CT molecular complexity index is 1170. The minimum atomic E-state index is -0.279. The molecule has 1 unspecified atom stereocenters. The molecular formula is C30H35NO5. The molecule has 0 radical (unpaired) electrons. The number of rotatable bonds is 9. The van der Waals surface area contributed by atoms with Crippen molar-refractivity contribution < 1.29 is 23.7 Å². The number of ether oxygens (including phenoxy) is 4. The van der Waals surface area contributed by atoms with Crippen molar-refractivity contribution in [2.75, 3.05) is 27.4 Å². The highest BCUT2D eigenvalue weighted by atomic mass is 16.5. The van der Waals surface area contributed by atoms with Gasteiger partial charge in [-0.3, -0.25) is 4.79 Å². The molecule has 0 aromatic heterocycles. The number of carbonyl (C=O) groups is 1. The van der Waals surface area contributed by atoms with Gasteiger partial charge in [0, 0.05) is 12.1 Å². The number of methoxy groups -OCH3 is 2. The van der Waals surface area contributed by atoms with Crippen LogP contribution in [-0.2, 0) is 12.8 Å². The lowest BCUT2D eigenvalue weighted by Gasteiger charge is -2.37. The van der Waals surface area contributed by atoms with Crippen LogP contribution in [0.15, 0.2) is 60.7 Å². The van der Waals surface area contributed by atoms with Gasteiger partial charge in [0.1, 0.15) is 18.1 Å². The van der Waals surface area contributed by atoms with E-state index in [1.54, 1.807) is 14.2 Å². The van der Waals surface area contributed by atoms with E-state index in [-0.39, 0.29) is 18.1 Å². The molecule has 3 aromatic rings. The van der Waals surface area contributed by atoms with Gasteiger partial charge in [0.05, 0.1) is 26.4 Å². The Morgan fingerprint density at radius 2 is 1.58 bits per heavy atom. The standard InChI is InChI=1S/C30H35NO5/c1-6-21-7-11-24(12-8-21)35-19-27-26-18-29(34-5)28(33-4)17-23(26)15-16-31(27)30(32)22-9-13-25(14-10-22)36-20(2)3/h7-14,17-18,20,27H,6,15-16,19H2,1-5H3. The van der Waals surface area contributed by atoms with Gasteiger partial charge >= 0.3 is 0 Å². The van der Waals surface area contributed by atoms with E-state index in [9.17, 15) is 4.79 Å². The smallest absolute Gasteiger partial charge is 0.254 e. The van der Waals surface area contributed by atoms with E-state index in [2.05, 4.69) is 19.1 Å². The maximum atomic E-state index is 13.7. The third-order valence-electron chi connectivity index (χ3n) is 6.48. The first kappa shape index (κ1) is 25.4. The molecule has 1 amide bonds. The summed E-state index contributed by atoms with van der Waals surface area (Å²) in [7, 11) is 3.26. The van der Waals surface area contributed by atoms with Crippen LogP contribution in [0.4, 0.5) is 0 Å². The van der Waals surface area contributed by atoms with Crippen molar-refractivity contribution in [2.45, 2.75) is 45.8 Å². The molecule has 1 aliphatic rings. The summed E-state index contributed by atoms with van der Waals surface area (Å²) >= 11 is 0. The fourth-order valence-electron chi connectivity index (χ4n) is 4.56. The SMILES string of the molecule is CCc1ccc(OCC2c3cc(OC)c(OC)cc3CCN2C(=O)c2ccc(OC(C)C)cc2)cc1. The van der Waals surface area contributed by atoms with Gasteiger partial charge in [-0.1, -0.05) is 19.1 Å². The quantitative estimate of drug-likeness (QED) is 0.376. The summed E-state index contributed by atoms with van der Waals surface area (Å²) in [6.45, 7) is 6.99. The molecule has 1 heterocycles. The lowest BCUT2D eigenvalue weighted by molar-refractivity contribution is 0.0589. The average Bonchev–Trinajstić information content (AvgIpc) is 2.90. The van der Waals surface area contributed by atoms with Crippen molar-refractivity contribution >= 4 is 5.91 Å². The highest BCUT2D eigenvalue weighted by Gasteiger charge is 2.33. The fourth-order valence-corrected chi connectivity index (χ4v) is 4.56. The van der Waals surface area contributed by atoms with E-state index in [1.807, 2.05) is 67.3 Å². The molecule has 1 atom stereocenters. The summed E-state index contributed by atoms with van der Waals surface area (Å²) in [5.41, 5.74) is 4.01. The van der Waals surface area contributed by atoms with Crippen LogP contribution in [0.1, 0.15) is 53.9 Å². The number of hydrogen-bond acceptors (Lipinski definition) is 5. The first-order valence-electron chi connectivity index (χ1n) is 12.5. The highest BCUT2D eigenvalue weighted by Crippen LogP contribution is 2.39. The van der Waals surface area contributed by atoms with Crippen molar-refractivity contribution in [3.63, 3.8) is 0 Å². The Kier molecular flexibility index (Phi) is 8.04. The molecule has 0 bridgehead atoms. The van der Waals surface area contributed by atoms with Crippen molar-refractivity contribution in [3.05, 3.63) is 82.9 Å². The molecule has 0 saturated heterocycles. The van der Waals surface area contributed by atoms with E-state index in [0.717, 1.165) is 35.5 Å². The zero-order valence-electron chi connectivity index (χ0n) is 21.7. The second-order valence-corrected chi connectivity index (χ2v) is 9.17. The predicted molar refractivity (Wildman–Crippen MR) is 141 cm³/mol. The minimum absolute atomic E-state index is 0.0403. The lowest BCUT2D eigenvalue weighted by atomic mass is 9.91. The van der Waals surface area contributed by atoms with Crippen LogP contribution < -0.4 is 18.9 Å². The zero-order chi connectivity index (χ0) is 25.7. The van der Waals surface area contributed by atoms with E-state index in [4.69, 9.17) is 18.9 Å². The topological polar surface area (TPSA) is 57.2 Å². The van der Waals surface area contributed by atoms with Gasteiger partial charge in [0.15, 0.2) is 11.5 Å². The van der Waals surface area contributed by atoms with E-state index in [0.29, 0.717) is 30.2 Å². The maximum Gasteiger partial charge on any atom is 0.254 e. The number of carbonyl (C=O) groups excluding carboxylic acids is 1. The molecule has 1 aliphatic heterocycles. The summed E-state index contributed by atoms with van der Waals surface area (Å²) in [4.78, 5) is 15.6. The molecule has 0 fully saturated rings. The normalized spacial score (nSPS) is 14.8. The Labute approximate surface area is 213 Å². The minimum Gasteiger partial charge on any atom is -0.493 e. The van der Waals surface area contributed by atoms with Crippen LogP contribution in [-0.4, -0.2) is 44.3 Å². The molecule has 0 aliphatic carbocycles.